The normalized spacial score (nSPS) is 22.7. The summed E-state index contributed by atoms with van der Waals surface area (Å²) in [6.07, 6.45) is -1.33. The highest BCUT2D eigenvalue weighted by Crippen LogP contribution is 2.28. The van der Waals surface area contributed by atoms with Gasteiger partial charge in [-0.2, -0.15) is 0 Å². The van der Waals surface area contributed by atoms with Crippen LogP contribution >= 0.6 is 15.9 Å². The molecule has 1 fully saturated rings. The van der Waals surface area contributed by atoms with Gasteiger partial charge in [0.1, 0.15) is 18.0 Å². The second kappa shape index (κ2) is 6.31. The minimum absolute atomic E-state index is 0.282. The number of hydrogen-bond acceptors (Lipinski definition) is 3. The van der Waals surface area contributed by atoms with Crippen molar-refractivity contribution in [1.82, 2.24) is 4.90 Å². The van der Waals surface area contributed by atoms with Gasteiger partial charge in [0.2, 0.25) is 0 Å². The van der Waals surface area contributed by atoms with E-state index in [4.69, 9.17) is 4.74 Å². The van der Waals surface area contributed by atoms with Crippen molar-refractivity contribution in [2.75, 3.05) is 19.7 Å². The highest BCUT2D eigenvalue weighted by Gasteiger charge is 2.30. The van der Waals surface area contributed by atoms with Gasteiger partial charge in [0, 0.05) is 24.7 Å². The predicted octanol–water partition coefficient (Wildman–Crippen LogP) is 2.73. The van der Waals surface area contributed by atoms with Crippen molar-refractivity contribution in [2.45, 2.75) is 32.1 Å². The maximum Gasteiger partial charge on any atom is 0.143 e. The molecule has 1 aromatic rings. The molecule has 2 atom stereocenters. The van der Waals surface area contributed by atoms with Gasteiger partial charge in [-0.25, -0.2) is 4.39 Å². The summed E-state index contributed by atoms with van der Waals surface area (Å²) in [5, 5.41) is 10.3. The first-order valence-corrected chi connectivity index (χ1v) is 7.27. The van der Waals surface area contributed by atoms with Crippen molar-refractivity contribution in [3.05, 3.63) is 34.1 Å². The van der Waals surface area contributed by atoms with Crippen LogP contribution in [0.3, 0.4) is 0 Å². The first-order valence-electron chi connectivity index (χ1n) is 6.48. The molecule has 1 aliphatic rings. The molecule has 1 aliphatic heterocycles. The maximum atomic E-state index is 14.0. The number of nitrogens with zero attached hydrogens (tertiary/aromatic N) is 1. The smallest absolute Gasteiger partial charge is 0.143 e. The third kappa shape index (κ3) is 3.34. The third-order valence-electron chi connectivity index (χ3n) is 3.51. The number of aliphatic hydroxyl groups is 1. The number of aliphatic hydroxyl groups excluding tert-OH is 1. The standard InChI is InChI=1S/C14H19BrFNO2/c1-9(2)17-6-7-19-12(8-17)14(18)10-4-3-5-11(15)13(10)16/h3-5,9,12,14,18H,6-8H2,1-2H3. The zero-order chi connectivity index (χ0) is 14.0. The summed E-state index contributed by atoms with van der Waals surface area (Å²) in [6, 6.07) is 5.33. The molecule has 0 radical (unpaired) electrons. The van der Waals surface area contributed by atoms with Gasteiger partial charge in [0.05, 0.1) is 11.1 Å². The second-order valence-corrected chi connectivity index (χ2v) is 5.94. The Bertz CT molecular complexity index is 441. The van der Waals surface area contributed by atoms with Crippen LogP contribution in [0.15, 0.2) is 22.7 Å². The van der Waals surface area contributed by atoms with Crippen molar-refractivity contribution in [2.24, 2.45) is 0 Å². The SMILES string of the molecule is CC(C)N1CCOC(C(O)c2cccc(Br)c2F)C1. The van der Waals surface area contributed by atoms with E-state index in [-0.39, 0.29) is 11.7 Å². The van der Waals surface area contributed by atoms with E-state index >= 15 is 0 Å². The van der Waals surface area contributed by atoms with Gasteiger partial charge in [0.25, 0.3) is 0 Å². The van der Waals surface area contributed by atoms with E-state index in [0.29, 0.717) is 23.7 Å². The Morgan fingerprint density at radius 2 is 2.21 bits per heavy atom. The number of morpholine rings is 1. The van der Waals surface area contributed by atoms with E-state index in [9.17, 15) is 9.50 Å². The number of benzene rings is 1. The predicted molar refractivity (Wildman–Crippen MR) is 75.5 cm³/mol. The number of hydrogen-bond donors (Lipinski definition) is 1. The second-order valence-electron chi connectivity index (χ2n) is 5.09. The maximum absolute atomic E-state index is 14.0. The molecule has 2 rings (SSSR count). The van der Waals surface area contributed by atoms with E-state index in [1.807, 2.05) is 0 Å². The first kappa shape index (κ1) is 14.9. The monoisotopic (exact) mass is 331 g/mol. The molecule has 0 aromatic heterocycles. The van der Waals surface area contributed by atoms with Gasteiger partial charge in [-0.05, 0) is 35.8 Å². The third-order valence-corrected chi connectivity index (χ3v) is 4.12. The lowest BCUT2D eigenvalue weighted by atomic mass is 10.0. The van der Waals surface area contributed by atoms with Gasteiger partial charge in [-0.3, -0.25) is 4.90 Å². The molecular formula is C14H19BrFNO2. The fourth-order valence-electron chi connectivity index (χ4n) is 2.31. The summed E-state index contributed by atoms with van der Waals surface area (Å²) >= 11 is 3.14. The summed E-state index contributed by atoms with van der Waals surface area (Å²) in [5.74, 6) is -0.416. The van der Waals surface area contributed by atoms with Crippen LogP contribution in [0.25, 0.3) is 0 Å². The average molecular weight is 332 g/mol. The molecule has 1 saturated heterocycles. The van der Waals surface area contributed by atoms with Crippen molar-refractivity contribution < 1.29 is 14.2 Å². The van der Waals surface area contributed by atoms with Gasteiger partial charge in [-0.15, -0.1) is 0 Å². The van der Waals surface area contributed by atoms with Crippen molar-refractivity contribution in [3.8, 4) is 0 Å². The lowest BCUT2D eigenvalue weighted by Gasteiger charge is -2.37. The molecule has 19 heavy (non-hydrogen) atoms. The molecule has 5 heteroatoms. The van der Waals surface area contributed by atoms with Crippen LogP contribution < -0.4 is 0 Å². The Morgan fingerprint density at radius 1 is 1.47 bits per heavy atom. The van der Waals surface area contributed by atoms with E-state index in [2.05, 4.69) is 34.7 Å². The zero-order valence-corrected chi connectivity index (χ0v) is 12.7. The number of ether oxygens (including phenoxy) is 1. The van der Waals surface area contributed by atoms with Crippen LogP contribution in [0.5, 0.6) is 0 Å². The Morgan fingerprint density at radius 3 is 2.89 bits per heavy atom. The summed E-state index contributed by atoms with van der Waals surface area (Å²) < 4.78 is 19.9. The highest BCUT2D eigenvalue weighted by molar-refractivity contribution is 9.10. The Kier molecular flexibility index (Phi) is 4.95. The van der Waals surface area contributed by atoms with Gasteiger partial charge < -0.3 is 9.84 Å². The van der Waals surface area contributed by atoms with E-state index in [0.717, 1.165) is 6.54 Å². The minimum atomic E-state index is -0.945. The summed E-state index contributed by atoms with van der Waals surface area (Å²) in [6.45, 7) is 6.24. The quantitative estimate of drug-likeness (QED) is 0.924. The first-order chi connectivity index (χ1) is 9.00. The molecule has 3 nitrogen and oxygen atoms in total. The molecule has 1 N–H and O–H groups in total. The van der Waals surface area contributed by atoms with Crippen LogP contribution in [0.4, 0.5) is 4.39 Å². The van der Waals surface area contributed by atoms with E-state index in [1.54, 1.807) is 18.2 Å². The molecule has 1 aromatic carbocycles. The lowest BCUT2D eigenvalue weighted by Crippen LogP contribution is -2.47. The van der Waals surface area contributed by atoms with E-state index in [1.165, 1.54) is 0 Å². The van der Waals surface area contributed by atoms with Crippen molar-refractivity contribution >= 4 is 15.9 Å². The Balaban J connectivity index is 2.14. The molecule has 0 spiro atoms. The molecule has 0 amide bonds. The van der Waals surface area contributed by atoms with Crippen LogP contribution in [0, 0.1) is 5.82 Å². The van der Waals surface area contributed by atoms with Gasteiger partial charge >= 0.3 is 0 Å². The van der Waals surface area contributed by atoms with E-state index < -0.39 is 11.9 Å². The Labute approximate surface area is 121 Å². The summed E-state index contributed by atoms with van der Waals surface area (Å²) in [4.78, 5) is 2.23. The summed E-state index contributed by atoms with van der Waals surface area (Å²) in [7, 11) is 0. The molecule has 0 aliphatic carbocycles. The largest absolute Gasteiger partial charge is 0.386 e. The lowest BCUT2D eigenvalue weighted by molar-refractivity contribution is -0.0969. The van der Waals surface area contributed by atoms with Crippen LogP contribution in [0.2, 0.25) is 0 Å². The Hall–Kier alpha value is -0.490. The van der Waals surface area contributed by atoms with Crippen molar-refractivity contribution in [1.29, 1.82) is 0 Å². The molecule has 2 unspecified atom stereocenters. The zero-order valence-electron chi connectivity index (χ0n) is 11.1. The van der Waals surface area contributed by atoms with Gasteiger partial charge in [-0.1, -0.05) is 12.1 Å². The molecule has 0 saturated carbocycles. The molecule has 106 valence electrons. The van der Waals surface area contributed by atoms with Crippen molar-refractivity contribution in [3.63, 3.8) is 0 Å². The summed E-state index contributed by atoms with van der Waals surface area (Å²) in [5.41, 5.74) is 0.282. The molecule has 1 heterocycles. The number of halogens is 2. The van der Waals surface area contributed by atoms with Crippen LogP contribution in [-0.4, -0.2) is 41.8 Å². The van der Waals surface area contributed by atoms with Crippen LogP contribution in [0.1, 0.15) is 25.5 Å². The molecular weight excluding hydrogens is 313 g/mol. The molecule has 0 bridgehead atoms. The van der Waals surface area contributed by atoms with Gasteiger partial charge in [0.15, 0.2) is 0 Å². The average Bonchev–Trinajstić information content (AvgIpc) is 2.41. The topological polar surface area (TPSA) is 32.7 Å². The fourth-order valence-corrected chi connectivity index (χ4v) is 2.69. The van der Waals surface area contributed by atoms with Crippen LogP contribution in [-0.2, 0) is 4.74 Å². The number of rotatable bonds is 3. The highest BCUT2D eigenvalue weighted by atomic mass is 79.9. The minimum Gasteiger partial charge on any atom is -0.386 e. The fraction of sp³-hybridized carbons (Fsp3) is 0.571.